The highest BCUT2D eigenvalue weighted by atomic mass is 16.2. The number of unbranched alkanes of at least 4 members (excludes halogenated alkanes) is 28. The minimum absolute atomic E-state index is 0.492. The zero-order valence-corrected chi connectivity index (χ0v) is 37.9. The highest BCUT2D eigenvalue weighted by molar-refractivity contribution is 5.76. The van der Waals surface area contributed by atoms with Gasteiger partial charge in [-0.3, -0.25) is 4.79 Å². The van der Waals surface area contributed by atoms with E-state index in [4.69, 9.17) is 0 Å². The smallest absolute Gasteiger partial charge is 0.222 e. The number of rotatable bonds is 44. The molecule has 0 heterocycles. The summed E-state index contributed by atoms with van der Waals surface area (Å²) in [6.45, 7) is 12.5. The molecule has 0 N–H and O–H groups in total. The van der Waals surface area contributed by atoms with Crippen LogP contribution in [0.4, 0.5) is 0 Å². The number of nitrogens with zero attached hydrogens (tertiary/aromatic N) is 2. The molecule has 3 nitrogen and oxygen atoms in total. The zero-order valence-electron chi connectivity index (χ0n) is 37.9. The van der Waals surface area contributed by atoms with Gasteiger partial charge in [0.15, 0.2) is 0 Å². The lowest BCUT2D eigenvalue weighted by atomic mass is 9.91. The van der Waals surface area contributed by atoms with Crippen LogP contribution in [0.5, 0.6) is 0 Å². The second-order valence-corrected chi connectivity index (χ2v) is 18.0. The molecule has 0 bridgehead atoms. The van der Waals surface area contributed by atoms with Crippen molar-refractivity contribution in [3.63, 3.8) is 0 Å². The maximum absolute atomic E-state index is 14.2. The van der Waals surface area contributed by atoms with Crippen molar-refractivity contribution in [1.82, 2.24) is 9.80 Å². The third-order valence-electron chi connectivity index (χ3n) is 12.2. The molecule has 3 heteroatoms. The third-order valence-corrected chi connectivity index (χ3v) is 12.2. The fourth-order valence-electron chi connectivity index (χ4n) is 8.51. The van der Waals surface area contributed by atoms with Gasteiger partial charge in [0.05, 0.1) is 0 Å². The first-order valence-electron chi connectivity index (χ1n) is 24.9. The molecule has 0 radical (unpaired) electrons. The van der Waals surface area contributed by atoms with Crippen molar-refractivity contribution in [2.75, 3.05) is 33.7 Å². The number of carbonyl (C=O) groups is 1. The summed E-state index contributed by atoms with van der Waals surface area (Å²) >= 11 is 0. The molecule has 0 aromatic carbocycles. The Labute approximate surface area is 336 Å². The Morgan fingerprint density at radius 3 is 0.925 bits per heavy atom. The molecule has 0 aliphatic carbocycles. The van der Waals surface area contributed by atoms with Crippen LogP contribution < -0.4 is 0 Å². The lowest BCUT2D eigenvalue weighted by Gasteiger charge is -2.32. The van der Waals surface area contributed by atoms with Crippen LogP contribution in [0, 0.1) is 11.8 Å². The van der Waals surface area contributed by atoms with E-state index in [-0.39, 0.29) is 0 Å². The highest BCUT2D eigenvalue weighted by Crippen LogP contribution is 2.26. The van der Waals surface area contributed by atoms with Crippen LogP contribution >= 0.6 is 0 Å². The molecule has 318 valence electrons. The molecule has 0 aliphatic rings. The van der Waals surface area contributed by atoms with Gasteiger partial charge < -0.3 is 9.80 Å². The molecule has 0 saturated heterocycles. The van der Waals surface area contributed by atoms with Gasteiger partial charge in [-0.25, -0.2) is 0 Å². The summed E-state index contributed by atoms with van der Waals surface area (Å²) in [5, 5.41) is 0. The first-order chi connectivity index (χ1) is 26.0. The molecule has 0 spiro atoms. The topological polar surface area (TPSA) is 23.6 Å². The number of amides is 1. The van der Waals surface area contributed by atoms with Crippen LogP contribution in [-0.2, 0) is 4.79 Å². The third kappa shape index (κ3) is 38.1. The maximum atomic E-state index is 14.2. The first kappa shape index (κ1) is 52.4. The molecule has 0 aliphatic heterocycles. The summed E-state index contributed by atoms with van der Waals surface area (Å²) in [7, 11) is 4.35. The Morgan fingerprint density at radius 1 is 0.358 bits per heavy atom. The van der Waals surface area contributed by atoms with Gasteiger partial charge in [-0.2, -0.15) is 0 Å². The van der Waals surface area contributed by atoms with Gasteiger partial charge in [0.25, 0.3) is 0 Å². The summed E-state index contributed by atoms with van der Waals surface area (Å²) < 4.78 is 0. The molecule has 0 aromatic heterocycles. The van der Waals surface area contributed by atoms with E-state index in [1.54, 1.807) is 0 Å². The van der Waals surface area contributed by atoms with Crippen LogP contribution in [-0.4, -0.2) is 49.4 Å². The van der Waals surface area contributed by atoms with E-state index in [0.717, 1.165) is 25.9 Å². The molecule has 1 amide bonds. The second-order valence-electron chi connectivity index (χ2n) is 18.0. The SMILES string of the molecule is CCCCCCCCCCC(CCCCCCCC)CN(CC(CCCCCCCC)CCCCCCCCCC)C(=O)CCCCCCCN(C)C. The quantitative estimate of drug-likeness (QED) is 0.0580. The lowest BCUT2D eigenvalue weighted by molar-refractivity contribution is -0.132. The maximum Gasteiger partial charge on any atom is 0.222 e. The normalized spacial score (nSPS) is 12.9. The van der Waals surface area contributed by atoms with Gasteiger partial charge in [0.1, 0.15) is 0 Å². The summed E-state index contributed by atoms with van der Waals surface area (Å²) in [4.78, 5) is 19.0. The molecular weight excluding hydrogens is 645 g/mol. The van der Waals surface area contributed by atoms with Crippen molar-refractivity contribution in [2.24, 2.45) is 11.8 Å². The van der Waals surface area contributed by atoms with Crippen LogP contribution in [0.1, 0.15) is 272 Å². The average Bonchev–Trinajstić information content (AvgIpc) is 3.15. The average molecular weight is 747 g/mol. The zero-order chi connectivity index (χ0) is 38.9. The molecule has 0 saturated carbocycles. The predicted octanol–water partition coefficient (Wildman–Crippen LogP) is 16.5. The second kappa shape index (κ2) is 42.6. The predicted molar refractivity (Wildman–Crippen MR) is 240 cm³/mol. The molecular formula is C50H102N2O. The van der Waals surface area contributed by atoms with Gasteiger partial charge in [-0.15, -0.1) is 0 Å². The summed E-state index contributed by atoms with van der Waals surface area (Å²) in [6.07, 6.45) is 51.1. The van der Waals surface area contributed by atoms with Crippen LogP contribution in [0.25, 0.3) is 0 Å². The Morgan fingerprint density at radius 2 is 0.623 bits per heavy atom. The van der Waals surface area contributed by atoms with E-state index in [9.17, 15) is 4.79 Å². The van der Waals surface area contributed by atoms with E-state index in [2.05, 4.69) is 51.6 Å². The van der Waals surface area contributed by atoms with Gasteiger partial charge in [0, 0.05) is 19.5 Å². The fraction of sp³-hybridized carbons (Fsp3) is 0.980. The van der Waals surface area contributed by atoms with Gasteiger partial charge in [-0.05, 0) is 71.0 Å². The Bertz CT molecular complexity index is 666. The first-order valence-corrected chi connectivity index (χ1v) is 24.9. The summed E-state index contributed by atoms with van der Waals surface area (Å²) in [5.74, 6) is 1.87. The Kier molecular flexibility index (Phi) is 42.1. The van der Waals surface area contributed by atoms with Gasteiger partial charge >= 0.3 is 0 Å². The van der Waals surface area contributed by atoms with Gasteiger partial charge in [0.2, 0.25) is 5.91 Å². The van der Waals surface area contributed by atoms with E-state index >= 15 is 0 Å². The standard InChI is InChI=1S/C50H102N2O/c1-7-11-15-19-23-25-30-36-42-48(40-34-28-21-17-13-9-3)46-52(50(53)44-38-32-27-33-39-45-51(5)6)47-49(41-35-29-22-18-14-10-4)43-37-31-26-24-20-16-12-8-2/h48-49H,7-47H2,1-6H3. The van der Waals surface area contributed by atoms with Crippen molar-refractivity contribution in [2.45, 2.75) is 272 Å². The lowest BCUT2D eigenvalue weighted by Crippen LogP contribution is -2.39. The number of hydrogen-bond donors (Lipinski definition) is 0. The molecule has 2 unspecified atom stereocenters. The molecule has 0 fully saturated rings. The summed E-state index contributed by atoms with van der Waals surface area (Å²) in [5.41, 5.74) is 0. The van der Waals surface area contributed by atoms with Crippen molar-refractivity contribution in [3.8, 4) is 0 Å². The minimum Gasteiger partial charge on any atom is -0.342 e. The molecule has 2 atom stereocenters. The molecule has 0 aromatic rings. The van der Waals surface area contributed by atoms with Crippen LogP contribution in [0.2, 0.25) is 0 Å². The van der Waals surface area contributed by atoms with Crippen LogP contribution in [0.15, 0.2) is 0 Å². The summed E-state index contributed by atoms with van der Waals surface area (Å²) in [6, 6.07) is 0. The van der Waals surface area contributed by atoms with Gasteiger partial charge in [-0.1, -0.05) is 227 Å². The highest BCUT2D eigenvalue weighted by Gasteiger charge is 2.22. The van der Waals surface area contributed by atoms with E-state index < -0.39 is 0 Å². The number of hydrogen-bond acceptors (Lipinski definition) is 2. The molecule has 0 rings (SSSR count). The fourth-order valence-corrected chi connectivity index (χ4v) is 8.51. The van der Waals surface area contributed by atoms with Crippen molar-refractivity contribution in [3.05, 3.63) is 0 Å². The Balaban J connectivity index is 5.57. The number of carbonyl (C=O) groups excluding carboxylic acids is 1. The molecule has 53 heavy (non-hydrogen) atoms. The van der Waals surface area contributed by atoms with E-state index in [1.807, 2.05) is 0 Å². The Hall–Kier alpha value is -0.570. The monoisotopic (exact) mass is 747 g/mol. The van der Waals surface area contributed by atoms with Crippen molar-refractivity contribution >= 4 is 5.91 Å². The van der Waals surface area contributed by atoms with Crippen LogP contribution in [0.3, 0.4) is 0 Å². The minimum atomic E-state index is 0.492. The van der Waals surface area contributed by atoms with Crippen molar-refractivity contribution in [1.29, 1.82) is 0 Å². The largest absolute Gasteiger partial charge is 0.342 e. The van der Waals surface area contributed by atoms with Crippen molar-refractivity contribution < 1.29 is 4.79 Å². The van der Waals surface area contributed by atoms with E-state index in [0.29, 0.717) is 17.7 Å². The van der Waals surface area contributed by atoms with E-state index in [1.165, 1.54) is 238 Å².